The monoisotopic (exact) mass is 326 g/mol. The van der Waals surface area contributed by atoms with Crippen molar-refractivity contribution in [2.75, 3.05) is 0 Å². The summed E-state index contributed by atoms with van der Waals surface area (Å²) in [6, 6.07) is 6.95. The highest BCUT2D eigenvalue weighted by molar-refractivity contribution is 9.08. The molecule has 19 heavy (non-hydrogen) atoms. The Bertz CT molecular complexity index is 622. The molecule has 0 saturated carbocycles. The molecule has 2 aromatic rings. The first kappa shape index (κ1) is 13.4. The smallest absolute Gasteiger partial charge is 0.314 e. The third-order valence-corrected chi connectivity index (χ3v) is 2.94. The Labute approximate surface area is 116 Å². The molecular formula is C12H8BrFN2O3. The lowest BCUT2D eigenvalue weighted by atomic mass is 10.2. The maximum Gasteiger partial charge on any atom is 0.314 e. The summed E-state index contributed by atoms with van der Waals surface area (Å²) < 4.78 is 18.9. The number of nitro groups is 1. The van der Waals surface area contributed by atoms with Crippen molar-refractivity contribution in [3.05, 3.63) is 58.0 Å². The molecule has 0 spiro atoms. The minimum Gasteiger partial charge on any atom is -0.428 e. The number of hydrogen-bond donors (Lipinski definition) is 0. The maximum absolute atomic E-state index is 13.7. The molecule has 0 aliphatic rings. The van der Waals surface area contributed by atoms with E-state index in [1.54, 1.807) is 12.1 Å². The van der Waals surface area contributed by atoms with Gasteiger partial charge in [0.05, 0.1) is 4.92 Å². The summed E-state index contributed by atoms with van der Waals surface area (Å²) in [6.45, 7) is 0. The third-order valence-electron chi connectivity index (χ3n) is 2.34. The van der Waals surface area contributed by atoms with Crippen LogP contribution in [0.15, 0.2) is 36.5 Å². The zero-order valence-electron chi connectivity index (χ0n) is 9.55. The number of benzene rings is 1. The number of nitrogens with zero attached hydrogens (tertiary/aromatic N) is 2. The highest BCUT2D eigenvalue weighted by Crippen LogP contribution is 2.34. The minimum absolute atomic E-state index is 0.132. The average molecular weight is 327 g/mol. The van der Waals surface area contributed by atoms with Gasteiger partial charge in [-0.25, -0.2) is 9.37 Å². The predicted octanol–water partition coefficient (Wildman–Crippen LogP) is 3.82. The van der Waals surface area contributed by atoms with Gasteiger partial charge in [0.1, 0.15) is 0 Å². The minimum atomic E-state index is -0.805. The van der Waals surface area contributed by atoms with Crippen LogP contribution in [0.4, 0.5) is 10.1 Å². The van der Waals surface area contributed by atoms with Crippen molar-refractivity contribution in [3.63, 3.8) is 0 Å². The highest BCUT2D eigenvalue weighted by Gasteiger charge is 2.21. The van der Waals surface area contributed by atoms with Crippen LogP contribution in [0.5, 0.6) is 11.6 Å². The average Bonchev–Trinajstić information content (AvgIpc) is 2.41. The lowest BCUT2D eigenvalue weighted by Crippen LogP contribution is -1.99. The van der Waals surface area contributed by atoms with Gasteiger partial charge in [0, 0.05) is 23.2 Å². The second-order valence-corrected chi connectivity index (χ2v) is 4.11. The van der Waals surface area contributed by atoms with Crippen molar-refractivity contribution in [1.29, 1.82) is 0 Å². The standard InChI is InChI=1S/C12H8BrFN2O3/c13-7-8-3-2-6-15-12(8)19-11-9(14)4-1-5-10(11)16(17)18/h1-6H,7H2. The molecule has 2 rings (SSSR count). The van der Waals surface area contributed by atoms with Crippen molar-refractivity contribution in [2.24, 2.45) is 0 Å². The Morgan fingerprint density at radius 1 is 1.37 bits per heavy atom. The van der Waals surface area contributed by atoms with Gasteiger partial charge < -0.3 is 4.74 Å². The predicted molar refractivity (Wildman–Crippen MR) is 70.0 cm³/mol. The lowest BCUT2D eigenvalue weighted by Gasteiger charge is -2.08. The molecule has 0 amide bonds. The lowest BCUT2D eigenvalue weighted by molar-refractivity contribution is -0.385. The van der Waals surface area contributed by atoms with E-state index in [1.165, 1.54) is 18.3 Å². The molecule has 98 valence electrons. The summed E-state index contributed by atoms with van der Waals surface area (Å²) >= 11 is 3.24. The Kier molecular flexibility index (Phi) is 4.06. The molecule has 0 aliphatic carbocycles. The third kappa shape index (κ3) is 2.87. The summed E-state index contributed by atoms with van der Waals surface area (Å²) in [5, 5.41) is 11.3. The van der Waals surface area contributed by atoms with Gasteiger partial charge in [-0.15, -0.1) is 0 Å². The van der Waals surface area contributed by atoms with Crippen LogP contribution in [0.1, 0.15) is 5.56 Å². The Hall–Kier alpha value is -2.02. The molecule has 5 nitrogen and oxygen atoms in total. The van der Waals surface area contributed by atoms with Crippen molar-refractivity contribution >= 4 is 21.6 Å². The summed E-state index contributed by atoms with van der Waals surface area (Å²) in [6.07, 6.45) is 1.47. The topological polar surface area (TPSA) is 65.3 Å². The molecule has 0 radical (unpaired) electrons. The van der Waals surface area contributed by atoms with E-state index in [-0.39, 0.29) is 5.88 Å². The molecule has 1 heterocycles. The fourth-order valence-electron chi connectivity index (χ4n) is 1.46. The fourth-order valence-corrected chi connectivity index (χ4v) is 1.88. The van der Waals surface area contributed by atoms with E-state index in [4.69, 9.17) is 4.74 Å². The molecule has 0 unspecified atom stereocenters. The zero-order chi connectivity index (χ0) is 13.8. The van der Waals surface area contributed by atoms with Gasteiger partial charge >= 0.3 is 5.69 Å². The van der Waals surface area contributed by atoms with Gasteiger partial charge in [-0.05, 0) is 12.1 Å². The fraction of sp³-hybridized carbons (Fsp3) is 0.0833. The van der Waals surface area contributed by atoms with Crippen LogP contribution in [0.2, 0.25) is 0 Å². The first-order valence-corrected chi connectivity index (χ1v) is 6.36. The van der Waals surface area contributed by atoms with Crippen LogP contribution in [0, 0.1) is 15.9 Å². The van der Waals surface area contributed by atoms with E-state index in [2.05, 4.69) is 20.9 Å². The van der Waals surface area contributed by atoms with Gasteiger partial charge in [-0.1, -0.05) is 28.1 Å². The second-order valence-electron chi connectivity index (χ2n) is 3.55. The highest BCUT2D eigenvalue weighted by atomic mass is 79.9. The number of pyridine rings is 1. The van der Waals surface area contributed by atoms with Crippen LogP contribution in [0.25, 0.3) is 0 Å². The van der Waals surface area contributed by atoms with Crippen LogP contribution in [0.3, 0.4) is 0 Å². The number of alkyl halides is 1. The molecule has 0 N–H and O–H groups in total. The van der Waals surface area contributed by atoms with Crippen molar-refractivity contribution in [3.8, 4) is 11.6 Å². The largest absolute Gasteiger partial charge is 0.428 e. The molecule has 1 aromatic carbocycles. The van der Waals surface area contributed by atoms with Gasteiger partial charge in [0.2, 0.25) is 11.6 Å². The number of halogens is 2. The second kappa shape index (κ2) is 5.75. The number of rotatable bonds is 4. The summed E-state index contributed by atoms with van der Waals surface area (Å²) in [7, 11) is 0. The van der Waals surface area contributed by atoms with E-state index in [1.807, 2.05) is 0 Å². The van der Waals surface area contributed by atoms with Crippen LogP contribution >= 0.6 is 15.9 Å². The number of hydrogen-bond acceptors (Lipinski definition) is 4. The number of para-hydroxylation sites is 1. The zero-order valence-corrected chi connectivity index (χ0v) is 11.1. The van der Waals surface area contributed by atoms with Crippen molar-refractivity contribution in [2.45, 2.75) is 5.33 Å². The van der Waals surface area contributed by atoms with E-state index < -0.39 is 22.2 Å². The van der Waals surface area contributed by atoms with Crippen LogP contribution in [-0.4, -0.2) is 9.91 Å². The Balaban J connectivity index is 2.46. The molecule has 0 fully saturated rings. The van der Waals surface area contributed by atoms with E-state index in [9.17, 15) is 14.5 Å². The number of ether oxygens (including phenoxy) is 1. The van der Waals surface area contributed by atoms with E-state index in [0.717, 1.165) is 6.07 Å². The summed E-state index contributed by atoms with van der Waals surface area (Å²) in [5.74, 6) is -1.11. The molecule has 0 bridgehead atoms. The molecule has 0 atom stereocenters. The number of aromatic nitrogens is 1. The molecular weight excluding hydrogens is 319 g/mol. The molecule has 7 heteroatoms. The maximum atomic E-state index is 13.7. The molecule has 1 aromatic heterocycles. The molecule has 0 saturated heterocycles. The van der Waals surface area contributed by atoms with Crippen molar-refractivity contribution < 1.29 is 14.1 Å². The van der Waals surface area contributed by atoms with Gasteiger partial charge in [0.25, 0.3) is 0 Å². The quantitative estimate of drug-likeness (QED) is 0.486. The number of nitro benzene ring substituents is 1. The van der Waals surface area contributed by atoms with Gasteiger partial charge in [-0.2, -0.15) is 0 Å². The first-order chi connectivity index (χ1) is 9.13. The van der Waals surface area contributed by atoms with Crippen LogP contribution < -0.4 is 4.74 Å². The summed E-state index contributed by atoms with van der Waals surface area (Å²) in [5.41, 5.74) is 0.228. The first-order valence-electron chi connectivity index (χ1n) is 5.24. The van der Waals surface area contributed by atoms with Crippen molar-refractivity contribution in [1.82, 2.24) is 4.98 Å². The summed E-state index contributed by atoms with van der Waals surface area (Å²) in [4.78, 5) is 14.1. The van der Waals surface area contributed by atoms with E-state index >= 15 is 0 Å². The molecule has 0 aliphatic heterocycles. The van der Waals surface area contributed by atoms with Gasteiger partial charge in [-0.3, -0.25) is 10.1 Å². The Morgan fingerprint density at radius 3 is 2.84 bits per heavy atom. The van der Waals surface area contributed by atoms with Gasteiger partial charge in [0.15, 0.2) is 5.82 Å². The van der Waals surface area contributed by atoms with E-state index in [0.29, 0.717) is 10.9 Å². The Morgan fingerprint density at radius 2 is 2.16 bits per heavy atom. The van der Waals surface area contributed by atoms with Crippen LogP contribution in [-0.2, 0) is 5.33 Å². The SMILES string of the molecule is O=[N+]([O-])c1cccc(F)c1Oc1ncccc1CBr. The normalized spacial score (nSPS) is 10.2.